The highest BCUT2D eigenvalue weighted by atomic mass is 79.9. The molecule has 0 amide bonds. The van der Waals surface area contributed by atoms with Crippen molar-refractivity contribution in [1.82, 2.24) is 15.1 Å². The van der Waals surface area contributed by atoms with Crippen molar-refractivity contribution in [3.8, 4) is 0 Å². The Bertz CT molecular complexity index is 405. The first kappa shape index (κ1) is 14.0. The van der Waals surface area contributed by atoms with Gasteiger partial charge in [0.15, 0.2) is 0 Å². The maximum absolute atomic E-state index is 5.51. The Balaban J connectivity index is 2.22. The van der Waals surface area contributed by atoms with Gasteiger partial charge >= 0.3 is 0 Å². The molecule has 0 bridgehead atoms. The van der Waals surface area contributed by atoms with Gasteiger partial charge in [0.2, 0.25) is 0 Å². The molecule has 1 saturated heterocycles. The van der Waals surface area contributed by atoms with Crippen molar-refractivity contribution in [3.63, 3.8) is 0 Å². The lowest BCUT2D eigenvalue weighted by molar-refractivity contribution is 0.0149. The topological polar surface area (TPSA) is 39.1 Å². The third-order valence-electron chi connectivity index (χ3n) is 3.91. The minimum Gasteiger partial charge on any atom is -0.381 e. The minimum atomic E-state index is 0.301. The lowest BCUT2D eigenvalue weighted by Gasteiger charge is -2.37. The number of hydrogen-bond acceptors (Lipinski definition) is 3. The van der Waals surface area contributed by atoms with E-state index in [4.69, 9.17) is 4.74 Å². The predicted molar refractivity (Wildman–Crippen MR) is 75.8 cm³/mol. The molecule has 102 valence electrons. The maximum Gasteiger partial charge on any atom is 0.0738 e. The molecular formula is C13H22BrN3O. The molecule has 4 nitrogen and oxygen atoms in total. The average Bonchev–Trinajstić information content (AvgIpc) is 2.58. The van der Waals surface area contributed by atoms with E-state index in [1.54, 1.807) is 0 Å². The zero-order valence-corrected chi connectivity index (χ0v) is 13.0. The molecular weight excluding hydrogens is 294 g/mol. The second-order valence-electron chi connectivity index (χ2n) is 5.29. The van der Waals surface area contributed by atoms with E-state index in [1.165, 1.54) is 5.69 Å². The van der Waals surface area contributed by atoms with Crippen molar-refractivity contribution in [2.45, 2.75) is 26.2 Å². The summed E-state index contributed by atoms with van der Waals surface area (Å²) in [5, 5.41) is 7.83. The summed E-state index contributed by atoms with van der Waals surface area (Å²) in [7, 11) is 4.06. The van der Waals surface area contributed by atoms with E-state index in [1.807, 2.05) is 25.7 Å². The van der Waals surface area contributed by atoms with Crippen LogP contribution >= 0.6 is 15.9 Å². The maximum atomic E-state index is 5.51. The summed E-state index contributed by atoms with van der Waals surface area (Å²) in [6, 6.07) is 0. The van der Waals surface area contributed by atoms with Crippen LogP contribution in [0.25, 0.3) is 0 Å². The number of aromatic nitrogens is 2. The third-order valence-corrected chi connectivity index (χ3v) is 4.94. The fourth-order valence-corrected chi connectivity index (χ4v) is 3.30. The van der Waals surface area contributed by atoms with Crippen LogP contribution < -0.4 is 5.32 Å². The molecule has 2 rings (SSSR count). The Hall–Kier alpha value is -0.390. The van der Waals surface area contributed by atoms with Gasteiger partial charge in [-0.1, -0.05) is 0 Å². The van der Waals surface area contributed by atoms with E-state index in [0.29, 0.717) is 5.41 Å². The van der Waals surface area contributed by atoms with Gasteiger partial charge in [-0.05, 0) is 54.6 Å². The average molecular weight is 316 g/mol. The number of rotatable bonds is 4. The van der Waals surface area contributed by atoms with Gasteiger partial charge in [0, 0.05) is 26.8 Å². The first-order chi connectivity index (χ1) is 8.58. The molecule has 1 aromatic rings. The Kier molecular flexibility index (Phi) is 4.45. The van der Waals surface area contributed by atoms with Crippen LogP contribution in [0.15, 0.2) is 4.47 Å². The third kappa shape index (κ3) is 2.78. The standard InChI is InChI=1S/C13H22BrN3O/c1-10-12(14)11(17(3)16-10)8-13(9-15-2)4-6-18-7-5-13/h15H,4-9H2,1-3H3. The van der Waals surface area contributed by atoms with Crippen molar-refractivity contribution in [1.29, 1.82) is 0 Å². The predicted octanol–water partition coefficient (Wildman–Crippen LogP) is 2.05. The van der Waals surface area contributed by atoms with Gasteiger partial charge in [0.25, 0.3) is 0 Å². The first-order valence-electron chi connectivity index (χ1n) is 6.48. The second kappa shape index (κ2) is 5.72. The smallest absolute Gasteiger partial charge is 0.0738 e. The largest absolute Gasteiger partial charge is 0.381 e. The fourth-order valence-electron chi connectivity index (χ4n) is 2.82. The summed E-state index contributed by atoms with van der Waals surface area (Å²) in [5.74, 6) is 0. The molecule has 0 aliphatic carbocycles. The van der Waals surface area contributed by atoms with Crippen molar-refractivity contribution >= 4 is 15.9 Å². The molecule has 1 aromatic heterocycles. The minimum absolute atomic E-state index is 0.301. The lowest BCUT2D eigenvalue weighted by Crippen LogP contribution is -2.40. The zero-order chi connectivity index (χ0) is 13.2. The number of ether oxygens (including phenoxy) is 1. The summed E-state index contributed by atoms with van der Waals surface area (Å²) >= 11 is 3.67. The highest BCUT2D eigenvalue weighted by molar-refractivity contribution is 9.10. The van der Waals surface area contributed by atoms with Gasteiger partial charge < -0.3 is 10.1 Å². The second-order valence-corrected chi connectivity index (χ2v) is 6.08. The number of nitrogens with one attached hydrogen (secondary N) is 1. The summed E-state index contributed by atoms with van der Waals surface area (Å²) in [5.41, 5.74) is 2.67. The monoisotopic (exact) mass is 315 g/mol. The van der Waals surface area contributed by atoms with Crippen LogP contribution in [-0.4, -0.2) is 36.6 Å². The quantitative estimate of drug-likeness (QED) is 0.924. The number of aryl methyl sites for hydroxylation is 2. The number of nitrogens with zero attached hydrogens (tertiary/aromatic N) is 2. The summed E-state index contributed by atoms with van der Waals surface area (Å²) in [4.78, 5) is 0. The van der Waals surface area contributed by atoms with E-state index in [2.05, 4.69) is 26.3 Å². The molecule has 18 heavy (non-hydrogen) atoms. The normalized spacial score (nSPS) is 19.1. The van der Waals surface area contributed by atoms with Gasteiger partial charge in [-0.25, -0.2) is 0 Å². The van der Waals surface area contributed by atoms with Crippen LogP contribution in [0.2, 0.25) is 0 Å². The van der Waals surface area contributed by atoms with Gasteiger partial charge in [0.1, 0.15) is 0 Å². The Morgan fingerprint density at radius 3 is 2.61 bits per heavy atom. The zero-order valence-electron chi connectivity index (χ0n) is 11.4. The Morgan fingerprint density at radius 1 is 1.44 bits per heavy atom. The summed E-state index contributed by atoms with van der Waals surface area (Å²) < 4.78 is 8.68. The highest BCUT2D eigenvalue weighted by Crippen LogP contribution is 2.36. The van der Waals surface area contributed by atoms with E-state index < -0.39 is 0 Å². The van der Waals surface area contributed by atoms with Crippen LogP contribution in [0.1, 0.15) is 24.2 Å². The van der Waals surface area contributed by atoms with Gasteiger partial charge in [-0.3, -0.25) is 4.68 Å². The number of hydrogen-bond donors (Lipinski definition) is 1. The molecule has 0 radical (unpaired) electrons. The molecule has 1 aliphatic heterocycles. The van der Waals surface area contributed by atoms with Crippen molar-refractivity contribution in [3.05, 3.63) is 15.9 Å². The van der Waals surface area contributed by atoms with Crippen LogP contribution in [0, 0.1) is 12.3 Å². The molecule has 1 fully saturated rings. The van der Waals surface area contributed by atoms with Crippen LogP contribution in [0.4, 0.5) is 0 Å². The van der Waals surface area contributed by atoms with Crippen LogP contribution in [0.5, 0.6) is 0 Å². The van der Waals surface area contributed by atoms with Crippen molar-refractivity contribution in [2.24, 2.45) is 12.5 Å². The SMILES string of the molecule is CNCC1(Cc2c(Br)c(C)nn2C)CCOCC1. The molecule has 0 saturated carbocycles. The van der Waals surface area contributed by atoms with Crippen molar-refractivity contribution in [2.75, 3.05) is 26.8 Å². The number of halogens is 1. The molecule has 0 aromatic carbocycles. The first-order valence-corrected chi connectivity index (χ1v) is 7.28. The molecule has 0 atom stereocenters. The molecule has 0 unspecified atom stereocenters. The molecule has 0 spiro atoms. The lowest BCUT2D eigenvalue weighted by atomic mass is 9.76. The van der Waals surface area contributed by atoms with E-state index in [0.717, 1.165) is 49.2 Å². The van der Waals surface area contributed by atoms with Gasteiger partial charge in [-0.2, -0.15) is 5.10 Å². The fraction of sp³-hybridized carbons (Fsp3) is 0.769. The summed E-state index contributed by atoms with van der Waals surface area (Å²) in [6.07, 6.45) is 3.28. The van der Waals surface area contributed by atoms with E-state index >= 15 is 0 Å². The molecule has 5 heteroatoms. The Morgan fingerprint density at radius 2 is 2.11 bits per heavy atom. The highest BCUT2D eigenvalue weighted by Gasteiger charge is 2.34. The molecule has 2 heterocycles. The van der Waals surface area contributed by atoms with E-state index in [9.17, 15) is 0 Å². The Labute approximate surface area is 117 Å². The van der Waals surface area contributed by atoms with Crippen LogP contribution in [0.3, 0.4) is 0 Å². The van der Waals surface area contributed by atoms with Crippen molar-refractivity contribution < 1.29 is 4.74 Å². The van der Waals surface area contributed by atoms with E-state index in [-0.39, 0.29) is 0 Å². The van der Waals surface area contributed by atoms with Gasteiger partial charge in [0.05, 0.1) is 15.9 Å². The van der Waals surface area contributed by atoms with Crippen LogP contribution in [-0.2, 0) is 18.2 Å². The van der Waals surface area contributed by atoms with Gasteiger partial charge in [-0.15, -0.1) is 0 Å². The molecule has 1 N–H and O–H groups in total. The summed E-state index contributed by atoms with van der Waals surface area (Å²) in [6.45, 7) is 4.82. The molecule has 1 aliphatic rings.